The summed E-state index contributed by atoms with van der Waals surface area (Å²) in [5.41, 5.74) is 5.20. The van der Waals surface area contributed by atoms with Gasteiger partial charge in [0.05, 0.1) is 21.8 Å². The van der Waals surface area contributed by atoms with Crippen LogP contribution in [0.4, 0.5) is 5.69 Å². The molecule has 4 aromatic rings. The van der Waals surface area contributed by atoms with Crippen LogP contribution in [0, 0.1) is 15.5 Å². The lowest BCUT2D eigenvalue weighted by Gasteiger charge is -2.30. The molecule has 5 rings (SSSR count). The van der Waals surface area contributed by atoms with Crippen molar-refractivity contribution in [3.63, 3.8) is 0 Å². The summed E-state index contributed by atoms with van der Waals surface area (Å²) < 4.78 is 0. The summed E-state index contributed by atoms with van der Waals surface area (Å²) >= 11 is 0. The minimum atomic E-state index is -0.398. The number of hydrogen-bond donors (Lipinski definition) is 1. The highest BCUT2D eigenvalue weighted by molar-refractivity contribution is 6.19. The van der Waals surface area contributed by atoms with Crippen LogP contribution in [0.15, 0.2) is 48.5 Å². The van der Waals surface area contributed by atoms with Gasteiger partial charge in [-0.2, -0.15) is 0 Å². The molecule has 6 nitrogen and oxygen atoms in total. The van der Waals surface area contributed by atoms with E-state index in [1.807, 2.05) is 24.3 Å². The van der Waals surface area contributed by atoms with E-state index in [0.29, 0.717) is 12.8 Å². The second-order valence-electron chi connectivity index (χ2n) is 8.84. The SMILES string of the molecule is CC1(C)CC(=O)c2c(nc(Cc3ccc([N+](=O)[O-])cc3)c3[nH]c4ccccc4c23)C1. The van der Waals surface area contributed by atoms with Crippen molar-refractivity contribution in [2.45, 2.75) is 33.1 Å². The molecule has 0 atom stereocenters. The molecule has 0 saturated heterocycles. The van der Waals surface area contributed by atoms with Crippen molar-refractivity contribution in [3.8, 4) is 0 Å². The topological polar surface area (TPSA) is 88.9 Å². The first-order valence-corrected chi connectivity index (χ1v) is 10.0. The maximum absolute atomic E-state index is 13.1. The quantitative estimate of drug-likeness (QED) is 0.370. The molecular formula is C24H21N3O3. The van der Waals surface area contributed by atoms with Crippen LogP contribution < -0.4 is 0 Å². The second kappa shape index (κ2) is 6.49. The number of H-pyrrole nitrogens is 1. The zero-order valence-electron chi connectivity index (χ0n) is 16.9. The highest BCUT2D eigenvalue weighted by atomic mass is 16.6. The summed E-state index contributed by atoms with van der Waals surface area (Å²) in [6, 6.07) is 14.6. The molecule has 1 aliphatic carbocycles. The normalized spacial score (nSPS) is 15.5. The number of nitro groups is 1. The van der Waals surface area contributed by atoms with E-state index in [4.69, 9.17) is 4.98 Å². The maximum Gasteiger partial charge on any atom is 0.269 e. The zero-order chi connectivity index (χ0) is 21.0. The van der Waals surface area contributed by atoms with Crippen molar-refractivity contribution in [2.24, 2.45) is 5.41 Å². The Morgan fingerprint density at radius 2 is 1.83 bits per heavy atom. The fourth-order valence-corrected chi connectivity index (χ4v) is 4.56. The summed E-state index contributed by atoms with van der Waals surface area (Å²) in [6.45, 7) is 4.20. The van der Waals surface area contributed by atoms with Crippen LogP contribution in [-0.2, 0) is 12.8 Å². The Morgan fingerprint density at radius 3 is 2.57 bits per heavy atom. The number of para-hydroxylation sites is 1. The summed E-state index contributed by atoms with van der Waals surface area (Å²) in [6.07, 6.45) is 1.79. The van der Waals surface area contributed by atoms with Crippen LogP contribution in [0.1, 0.15) is 47.6 Å². The van der Waals surface area contributed by atoms with Gasteiger partial charge in [-0.1, -0.05) is 44.2 Å². The molecule has 0 spiro atoms. The number of nitrogens with zero attached hydrogens (tertiary/aromatic N) is 2. The number of rotatable bonds is 3. The fraction of sp³-hybridized carbons (Fsp3) is 0.250. The van der Waals surface area contributed by atoms with Gasteiger partial charge >= 0.3 is 0 Å². The van der Waals surface area contributed by atoms with Crippen molar-refractivity contribution < 1.29 is 9.72 Å². The molecule has 6 heteroatoms. The van der Waals surface area contributed by atoms with Gasteiger partial charge in [0.15, 0.2) is 5.78 Å². The molecule has 2 aromatic heterocycles. The molecule has 0 fully saturated rings. The Hall–Kier alpha value is -3.54. The fourth-order valence-electron chi connectivity index (χ4n) is 4.56. The molecule has 150 valence electrons. The van der Waals surface area contributed by atoms with Gasteiger partial charge in [0, 0.05) is 46.8 Å². The smallest absolute Gasteiger partial charge is 0.269 e. The van der Waals surface area contributed by atoms with Gasteiger partial charge < -0.3 is 4.98 Å². The Morgan fingerprint density at radius 1 is 1.10 bits per heavy atom. The molecule has 1 aliphatic rings. The lowest BCUT2D eigenvalue weighted by molar-refractivity contribution is -0.384. The molecule has 0 saturated carbocycles. The maximum atomic E-state index is 13.1. The Labute approximate surface area is 173 Å². The number of nitro benzene ring substituents is 1. The van der Waals surface area contributed by atoms with Gasteiger partial charge in [-0.25, -0.2) is 0 Å². The Balaban J connectivity index is 1.73. The number of non-ortho nitro benzene ring substituents is 1. The van der Waals surface area contributed by atoms with Gasteiger partial charge in [0.2, 0.25) is 0 Å². The number of pyridine rings is 1. The van der Waals surface area contributed by atoms with E-state index in [0.717, 1.165) is 50.7 Å². The van der Waals surface area contributed by atoms with Gasteiger partial charge in [-0.05, 0) is 23.5 Å². The molecule has 2 heterocycles. The number of aromatic nitrogens is 2. The summed E-state index contributed by atoms with van der Waals surface area (Å²) in [5.74, 6) is 0.144. The average Bonchev–Trinajstić information content (AvgIpc) is 3.07. The lowest BCUT2D eigenvalue weighted by atomic mass is 9.74. The summed E-state index contributed by atoms with van der Waals surface area (Å²) in [5, 5.41) is 12.9. The van der Waals surface area contributed by atoms with Crippen molar-refractivity contribution in [2.75, 3.05) is 0 Å². The van der Waals surface area contributed by atoms with Crippen LogP contribution in [0.2, 0.25) is 0 Å². The first kappa shape index (κ1) is 18.5. The molecule has 0 bridgehead atoms. The van der Waals surface area contributed by atoms with Gasteiger partial charge in [0.25, 0.3) is 5.69 Å². The number of fused-ring (bicyclic) bond motifs is 5. The first-order valence-electron chi connectivity index (χ1n) is 10.0. The molecule has 0 unspecified atom stereocenters. The van der Waals surface area contributed by atoms with Crippen molar-refractivity contribution in [1.82, 2.24) is 9.97 Å². The molecule has 0 radical (unpaired) electrons. The zero-order valence-corrected chi connectivity index (χ0v) is 16.9. The Kier molecular flexibility index (Phi) is 4.00. The van der Waals surface area contributed by atoms with Crippen LogP contribution in [0.3, 0.4) is 0 Å². The number of nitrogens with one attached hydrogen (secondary N) is 1. The number of Topliss-reactive ketones (excluding diaryl/α,β-unsaturated/α-hetero) is 1. The third-order valence-electron chi connectivity index (χ3n) is 5.89. The number of carbonyl (C=O) groups excluding carboxylic acids is 1. The molecule has 1 N–H and O–H groups in total. The Bertz CT molecular complexity index is 1330. The number of ketones is 1. The minimum absolute atomic E-state index is 0.0697. The average molecular weight is 399 g/mol. The standard InChI is InChI=1S/C24H21N3O3/c1-24(2)12-19-22(20(28)13-24)21-16-5-3-4-6-17(16)26-23(21)18(25-19)11-14-7-9-15(10-8-14)27(29)30/h3-10,26H,11-13H2,1-2H3. The number of aromatic amines is 1. The van der Waals surface area contributed by atoms with Crippen LogP contribution in [0.5, 0.6) is 0 Å². The van der Waals surface area contributed by atoms with E-state index in [2.05, 4.69) is 18.8 Å². The van der Waals surface area contributed by atoms with Crippen LogP contribution >= 0.6 is 0 Å². The van der Waals surface area contributed by atoms with Crippen LogP contribution in [-0.4, -0.2) is 20.7 Å². The predicted molar refractivity (Wildman–Crippen MR) is 116 cm³/mol. The van der Waals surface area contributed by atoms with Crippen molar-refractivity contribution in [1.29, 1.82) is 0 Å². The van der Waals surface area contributed by atoms with Crippen molar-refractivity contribution >= 4 is 33.3 Å². The third kappa shape index (κ3) is 2.96. The van der Waals surface area contributed by atoms with E-state index in [-0.39, 0.29) is 16.9 Å². The molecule has 0 amide bonds. The van der Waals surface area contributed by atoms with Crippen molar-refractivity contribution in [3.05, 3.63) is 81.2 Å². The van der Waals surface area contributed by atoms with E-state index in [9.17, 15) is 14.9 Å². The van der Waals surface area contributed by atoms with E-state index in [1.165, 1.54) is 12.1 Å². The second-order valence-corrected chi connectivity index (χ2v) is 8.84. The monoisotopic (exact) mass is 399 g/mol. The summed E-state index contributed by atoms with van der Waals surface area (Å²) in [7, 11) is 0. The van der Waals surface area contributed by atoms with Gasteiger partial charge in [-0.3, -0.25) is 19.9 Å². The van der Waals surface area contributed by atoms with Crippen LogP contribution in [0.25, 0.3) is 21.8 Å². The lowest BCUT2D eigenvalue weighted by Crippen LogP contribution is -2.28. The molecule has 30 heavy (non-hydrogen) atoms. The summed E-state index contributed by atoms with van der Waals surface area (Å²) in [4.78, 5) is 32.1. The first-order chi connectivity index (χ1) is 14.3. The van der Waals surface area contributed by atoms with Gasteiger partial charge in [0.1, 0.15) is 0 Å². The highest BCUT2D eigenvalue weighted by Crippen LogP contribution is 2.40. The molecule has 0 aliphatic heterocycles. The molecular weight excluding hydrogens is 378 g/mol. The number of benzene rings is 2. The largest absolute Gasteiger partial charge is 0.353 e. The van der Waals surface area contributed by atoms with E-state index in [1.54, 1.807) is 12.1 Å². The highest BCUT2D eigenvalue weighted by Gasteiger charge is 2.34. The van der Waals surface area contributed by atoms with E-state index >= 15 is 0 Å². The number of carbonyl (C=O) groups is 1. The molecule has 2 aromatic carbocycles. The predicted octanol–water partition coefficient (Wildman–Crippen LogP) is 5.37. The van der Waals surface area contributed by atoms with E-state index < -0.39 is 4.92 Å². The number of hydrogen-bond acceptors (Lipinski definition) is 4. The van der Waals surface area contributed by atoms with Gasteiger partial charge in [-0.15, -0.1) is 0 Å². The third-order valence-corrected chi connectivity index (χ3v) is 5.89. The minimum Gasteiger partial charge on any atom is -0.353 e.